The topological polar surface area (TPSA) is 50.9 Å². The summed E-state index contributed by atoms with van der Waals surface area (Å²) in [6.45, 7) is 0. The van der Waals surface area contributed by atoms with Crippen molar-refractivity contribution in [1.29, 1.82) is 0 Å². The number of nitrogens with zero attached hydrogens (tertiary/aromatic N) is 1. The smallest absolute Gasteiger partial charge is 0.146 e. The van der Waals surface area contributed by atoms with Gasteiger partial charge in [-0.05, 0) is 18.4 Å². The van der Waals surface area contributed by atoms with Gasteiger partial charge in [0.2, 0.25) is 0 Å². The molecule has 1 aliphatic rings. The van der Waals surface area contributed by atoms with Gasteiger partial charge in [0.15, 0.2) is 0 Å². The zero-order chi connectivity index (χ0) is 9.97. The van der Waals surface area contributed by atoms with Gasteiger partial charge in [0.05, 0.1) is 6.20 Å². The number of hydrogen-bond acceptors (Lipinski definition) is 3. The van der Waals surface area contributed by atoms with E-state index in [2.05, 4.69) is 10.4 Å². The first-order valence-corrected chi connectivity index (χ1v) is 4.87. The molecule has 0 bridgehead atoms. The van der Waals surface area contributed by atoms with Crippen molar-refractivity contribution >= 4 is 0 Å². The second kappa shape index (κ2) is 4.02. The van der Waals surface area contributed by atoms with Crippen molar-refractivity contribution in [2.75, 3.05) is 0 Å². The number of halogens is 1. The lowest BCUT2D eigenvalue weighted by Crippen LogP contribution is -2.29. The standard InChI is InChI=1S/C10H14FN3/c11-9-6-13-4-3-8(9)10(14-12)5-7-1-2-7/h3-4,6-7,10,14H,1-2,5,12H2. The van der Waals surface area contributed by atoms with Crippen LogP contribution in [0.25, 0.3) is 0 Å². The zero-order valence-electron chi connectivity index (χ0n) is 7.91. The van der Waals surface area contributed by atoms with Crippen LogP contribution >= 0.6 is 0 Å². The molecule has 76 valence electrons. The summed E-state index contributed by atoms with van der Waals surface area (Å²) in [7, 11) is 0. The van der Waals surface area contributed by atoms with E-state index >= 15 is 0 Å². The molecule has 2 rings (SSSR count). The molecule has 0 saturated heterocycles. The highest BCUT2D eigenvalue weighted by Crippen LogP contribution is 2.37. The molecule has 4 heteroatoms. The second-order valence-corrected chi connectivity index (χ2v) is 3.80. The van der Waals surface area contributed by atoms with Crippen LogP contribution in [0.3, 0.4) is 0 Å². The van der Waals surface area contributed by atoms with E-state index in [1.807, 2.05) is 0 Å². The van der Waals surface area contributed by atoms with Crippen molar-refractivity contribution in [2.45, 2.75) is 25.3 Å². The predicted octanol–water partition coefficient (Wildman–Crippen LogP) is 1.53. The minimum absolute atomic E-state index is 0.0782. The predicted molar refractivity (Wildman–Crippen MR) is 51.6 cm³/mol. The summed E-state index contributed by atoms with van der Waals surface area (Å²) in [6, 6.07) is 1.60. The van der Waals surface area contributed by atoms with Gasteiger partial charge in [0.1, 0.15) is 5.82 Å². The number of rotatable bonds is 4. The van der Waals surface area contributed by atoms with Crippen molar-refractivity contribution in [3.05, 3.63) is 29.8 Å². The van der Waals surface area contributed by atoms with Gasteiger partial charge >= 0.3 is 0 Å². The van der Waals surface area contributed by atoms with Crippen LogP contribution in [0.2, 0.25) is 0 Å². The molecule has 0 aromatic carbocycles. The largest absolute Gasteiger partial charge is 0.271 e. The normalized spacial score (nSPS) is 18.1. The number of hydrogen-bond donors (Lipinski definition) is 2. The SMILES string of the molecule is NNC(CC1CC1)c1ccncc1F. The number of nitrogens with two attached hydrogens (primary N) is 1. The first kappa shape index (κ1) is 9.55. The van der Waals surface area contributed by atoms with Crippen LogP contribution in [0.5, 0.6) is 0 Å². The summed E-state index contributed by atoms with van der Waals surface area (Å²) in [5.74, 6) is 5.84. The lowest BCUT2D eigenvalue weighted by atomic mass is 10.0. The van der Waals surface area contributed by atoms with Crippen molar-refractivity contribution in [3.63, 3.8) is 0 Å². The molecule has 0 aliphatic heterocycles. The Morgan fingerprint density at radius 1 is 1.64 bits per heavy atom. The molecule has 1 saturated carbocycles. The summed E-state index contributed by atoms with van der Waals surface area (Å²) < 4.78 is 13.3. The maximum atomic E-state index is 13.3. The lowest BCUT2D eigenvalue weighted by Gasteiger charge is -2.15. The molecule has 1 aliphatic carbocycles. The minimum Gasteiger partial charge on any atom is -0.271 e. The monoisotopic (exact) mass is 195 g/mol. The van der Waals surface area contributed by atoms with Crippen molar-refractivity contribution in [2.24, 2.45) is 11.8 Å². The maximum Gasteiger partial charge on any atom is 0.146 e. The van der Waals surface area contributed by atoms with Crippen LogP contribution in [0.4, 0.5) is 4.39 Å². The lowest BCUT2D eigenvalue weighted by molar-refractivity contribution is 0.461. The fourth-order valence-electron chi connectivity index (χ4n) is 1.64. The van der Waals surface area contributed by atoms with E-state index in [9.17, 15) is 4.39 Å². The average molecular weight is 195 g/mol. The van der Waals surface area contributed by atoms with E-state index in [0.29, 0.717) is 11.5 Å². The molecule has 1 aromatic rings. The molecule has 1 atom stereocenters. The van der Waals surface area contributed by atoms with E-state index < -0.39 is 0 Å². The van der Waals surface area contributed by atoms with E-state index in [4.69, 9.17) is 5.84 Å². The van der Waals surface area contributed by atoms with Crippen molar-refractivity contribution < 1.29 is 4.39 Å². The van der Waals surface area contributed by atoms with Gasteiger partial charge in [0.25, 0.3) is 0 Å². The Kier molecular flexibility index (Phi) is 2.74. The van der Waals surface area contributed by atoms with Crippen LogP contribution in [0, 0.1) is 11.7 Å². The fraction of sp³-hybridized carbons (Fsp3) is 0.500. The molecule has 1 unspecified atom stereocenters. The first-order valence-electron chi connectivity index (χ1n) is 4.87. The number of hydrazine groups is 1. The van der Waals surface area contributed by atoms with E-state index in [0.717, 1.165) is 6.42 Å². The summed E-state index contributed by atoms with van der Waals surface area (Å²) in [5.41, 5.74) is 3.28. The first-order chi connectivity index (χ1) is 6.81. The van der Waals surface area contributed by atoms with Gasteiger partial charge < -0.3 is 0 Å². The fourth-order valence-corrected chi connectivity index (χ4v) is 1.64. The molecule has 3 N–H and O–H groups in total. The third kappa shape index (κ3) is 2.08. The van der Waals surface area contributed by atoms with E-state index in [-0.39, 0.29) is 11.9 Å². The molecule has 14 heavy (non-hydrogen) atoms. The van der Waals surface area contributed by atoms with Crippen LogP contribution in [0.1, 0.15) is 30.9 Å². The molecule has 0 radical (unpaired) electrons. The van der Waals surface area contributed by atoms with Gasteiger partial charge in [-0.25, -0.2) is 4.39 Å². The van der Waals surface area contributed by atoms with Crippen LogP contribution in [0.15, 0.2) is 18.5 Å². The van der Waals surface area contributed by atoms with Gasteiger partial charge in [0, 0.05) is 17.8 Å². The van der Waals surface area contributed by atoms with Crippen LogP contribution in [-0.4, -0.2) is 4.98 Å². The Morgan fingerprint density at radius 3 is 3.00 bits per heavy atom. The van der Waals surface area contributed by atoms with Crippen LogP contribution < -0.4 is 11.3 Å². The highest BCUT2D eigenvalue weighted by atomic mass is 19.1. The highest BCUT2D eigenvalue weighted by Gasteiger charge is 2.26. The Labute approximate surface area is 82.5 Å². The molecular formula is C10H14FN3. The quantitative estimate of drug-likeness (QED) is 0.565. The van der Waals surface area contributed by atoms with Gasteiger partial charge in [-0.15, -0.1) is 0 Å². The van der Waals surface area contributed by atoms with Crippen molar-refractivity contribution in [1.82, 2.24) is 10.4 Å². The third-order valence-electron chi connectivity index (χ3n) is 2.65. The van der Waals surface area contributed by atoms with Gasteiger partial charge in [-0.1, -0.05) is 12.8 Å². The molecular weight excluding hydrogens is 181 g/mol. The summed E-state index contributed by atoms with van der Waals surface area (Å²) in [4.78, 5) is 3.71. The van der Waals surface area contributed by atoms with Gasteiger partial charge in [-0.3, -0.25) is 16.3 Å². The Hall–Kier alpha value is -1.00. The van der Waals surface area contributed by atoms with E-state index in [1.54, 1.807) is 12.3 Å². The molecule has 1 heterocycles. The molecule has 3 nitrogen and oxygen atoms in total. The average Bonchev–Trinajstić information content (AvgIpc) is 2.99. The molecule has 0 spiro atoms. The highest BCUT2D eigenvalue weighted by molar-refractivity contribution is 5.17. The maximum absolute atomic E-state index is 13.3. The Balaban J connectivity index is 2.12. The third-order valence-corrected chi connectivity index (χ3v) is 2.65. The Morgan fingerprint density at radius 2 is 2.43 bits per heavy atom. The minimum atomic E-state index is -0.281. The molecule has 0 amide bonds. The summed E-state index contributed by atoms with van der Waals surface area (Å²) >= 11 is 0. The number of aromatic nitrogens is 1. The second-order valence-electron chi connectivity index (χ2n) is 3.80. The van der Waals surface area contributed by atoms with Gasteiger partial charge in [-0.2, -0.15) is 0 Å². The molecule has 1 fully saturated rings. The molecule has 1 aromatic heterocycles. The summed E-state index contributed by atoms with van der Waals surface area (Å²) in [5, 5.41) is 0. The van der Waals surface area contributed by atoms with Crippen LogP contribution in [-0.2, 0) is 0 Å². The number of pyridine rings is 1. The Bertz CT molecular complexity index is 312. The van der Waals surface area contributed by atoms with Crippen molar-refractivity contribution in [3.8, 4) is 0 Å². The van der Waals surface area contributed by atoms with E-state index in [1.165, 1.54) is 19.0 Å². The zero-order valence-corrected chi connectivity index (χ0v) is 7.91. The number of nitrogens with one attached hydrogen (secondary N) is 1. The summed E-state index contributed by atoms with van der Waals surface area (Å²) in [6.07, 6.45) is 6.22.